The third-order valence-corrected chi connectivity index (χ3v) is 5.80. The highest BCUT2D eigenvalue weighted by Crippen LogP contribution is 2.36. The molecule has 2 aliphatic rings. The van der Waals surface area contributed by atoms with Gasteiger partial charge in [0.15, 0.2) is 0 Å². The largest absolute Gasteiger partial charge is 0.311 e. The van der Waals surface area contributed by atoms with Crippen LogP contribution in [0.5, 0.6) is 0 Å². The van der Waals surface area contributed by atoms with Gasteiger partial charge in [-0.05, 0) is 51.9 Å². The molecule has 1 saturated heterocycles. The van der Waals surface area contributed by atoms with E-state index in [-0.39, 0.29) is 0 Å². The molecule has 21 heavy (non-hydrogen) atoms. The molecular formula is C19H38N2. The van der Waals surface area contributed by atoms with E-state index in [0.717, 1.165) is 23.9 Å². The van der Waals surface area contributed by atoms with Crippen molar-refractivity contribution in [2.24, 2.45) is 11.8 Å². The predicted octanol–water partition coefficient (Wildman–Crippen LogP) is 4.44. The highest BCUT2D eigenvalue weighted by molar-refractivity contribution is 4.96. The molecule has 1 N–H and O–H groups in total. The fourth-order valence-corrected chi connectivity index (χ4v) is 4.46. The van der Waals surface area contributed by atoms with Crippen LogP contribution in [-0.2, 0) is 0 Å². The lowest BCUT2D eigenvalue weighted by Gasteiger charge is -2.50. The Labute approximate surface area is 133 Å². The molecule has 3 unspecified atom stereocenters. The van der Waals surface area contributed by atoms with Crippen molar-refractivity contribution in [2.75, 3.05) is 13.1 Å². The lowest BCUT2D eigenvalue weighted by molar-refractivity contribution is 0.0253. The van der Waals surface area contributed by atoms with Gasteiger partial charge in [0.2, 0.25) is 0 Å². The highest BCUT2D eigenvalue weighted by atomic mass is 15.2. The summed E-state index contributed by atoms with van der Waals surface area (Å²) < 4.78 is 0. The zero-order chi connectivity index (χ0) is 15.2. The summed E-state index contributed by atoms with van der Waals surface area (Å²) in [6.07, 6.45) is 11.3. The first-order valence-electron chi connectivity index (χ1n) is 9.62. The van der Waals surface area contributed by atoms with Crippen LogP contribution in [0.1, 0.15) is 79.1 Å². The van der Waals surface area contributed by atoms with E-state index < -0.39 is 0 Å². The van der Waals surface area contributed by atoms with E-state index in [0.29, 0.717) is 6.04 Å². The van der Waals surface area contributed by atoms with Crippen LogP contribution in [0.15, 0.2) is 0 Å². The fourth-order valence-electron chi connectivity index (χ4n) is 4.46. The minimum absolute atomic E-state index is 0.709. The number of nitrogens with zero attached hydrogens (tertiary/aromatic N) is 1. The molecule has 2 nitrogen and oxygen atoms in total. The molecule has 2 heteroatoms. The first kappa shape index (κ1) is 17.3. The maximum Gasteiger partial charge on any atom is 0.0150 e. The smallest absolute Gasteiger partial charge is 0.0150 e. The molecule has 0 aromatic rings. The summed E-state index contributed by atoms with van der Waals surface area (Å²) in [5, 5.41) is 4.03. The molecule has 0 spiro atoms. The Balaban J connectivity index is 1.80. The van der Waals surface area contributed by atoms with E-state index in [1.165, 1.54) is 64.5 Å². The minimum atomic E-state index is 0.709. The number of likely N-dealkylation sites (tertiary alicyclic amines) is 1. The summed E-state index contributed by atoms with van der Waals surface area (Å²) >= 11 is 0. The van der Waals surface area contributed by atoms with Crippen molar-refractivity contribution < 1.29 is 0 Å². The molecule has 1 saturated carbocycles. The predicted molar refractivity (Wildman–Crippen MR) is 92.7 cm³/mol. The van der Waals surface area contributed by atoms with Gasteiger partial charge in [0.1, 0.15) is 0 Å². The molecule has 1 aliphatic carbocycles. The van der Waals surface area contributed by atoms with Crippen LogP contribution < -0.4 is 5.32 Å². The van der Waals surface area contributed by atoms with Crippen molar-refractivity contribution >= 4 is 0 Å². The van der Waals surface area contributed by atoms with Crippen molar-refractivity contribution in [1.82, 2.24) is 10.2 Å². The van der Waals surface area contributed by atoms with Gasteiger partial charge in [0, 0.05) is 31.2 Å². The second-order valence-corrected chi connectivity index (χ2v) is 7.94. The summed E-state index contributed by atoms with van der Waals surface area (Å²) in [4.78, 5) is 2.72. The third kappa shape index (κ3) is 4.96. The van der Waals surface area contributed by atoms with Gasteiger partial charge in [0.05, 0.1) is 0 Å². The van der Waals surface area contributed by atoms with Crippen molar-refractivity contribution in [2.45, 2.75) is 97.2 Å². The van der Waals surface area contributed by atoms with Gasteiger partial charge in [0.25, 0.3) is 0 Å². The fraction of sp³-hybridized carbons (Fsp3) is 1.00. The van der Waals surface area contributed by atoms with Gasteiger partial charge < -0.3 is 10.2 Å². The quantitative estimate of drug-likeness (QED) is 0.666. The van der Waals surface area contributed by atoms with Crippen LogP contribution >= 0.6 is 0 Å². The number of fused-ring (bicyclic) bond motifs is 2. The van der Waals surface area contributed by atoms with E-state index in [1.54, 1.807) is 0 Å². The molecule has 2 bridgehead atoms. The van der Waals surface area contributed by atoms with Crippen molar-refractivity contribution in [3.05, 3.63) is 0 Å². The number of hydrogen-bond acceptors (Lipinski definition) is 2. The van der Waals surface area contributed by atoms with Crippen molar-refractivity contribution in [3.8, 4) is 0 Å². The molecule has 124 valence electrons. The molecule has 1 aliphatic heterocycles. The topological polar surface area (TPSA) is 15.3 Å². The first-order chi connectivity index (χ1) is 10.1. The normalized spacial score (nSPS) is 31.6. The first-order valence-corrected chi connectivity index (χ1v) is 9.62. The SMILES string of the molecule is CCCCCCC(C)NC1C2CCCC1CN(C(C)C)C2. The summed E-state index contributed by atoms with van der Waals surface area (Å²) in [5.41, 5.74) is 0. The van der Waals surface area contributed by atoms with Gasteiger partial charge in [-0.3, -0.25) is 0 Å². The Morgan fingerprint density at radius 2 is 1.67 bits per heavy atom. The monoisotopic (exact) mass is 294 g/mol. The van der Waals surface area contributed by atoms with Crippen LogP contribution in [0.25, 0.3) is 0 Å². The maximum absolute atomic E-state index is 4.03. The number of piperidine rings is 1. The van der Waals surface area contributed by atoms with Crippen molar-refractivity contribution in [3.63, 3.8) is 0 Å². The van der Waals surface area contributed by atoms with Gasteiger partial charge in [-0.2, -0.15) is 0 Å². The maximum atomic E-state index is 4.03. The summed E-state index contributed by atoms with van der Waals surface area (Å²) in [5.74, 6) is 1.80. The minimum Gasteiger partial charge on any atom is -0.311 e. The van der Waals surface area contributed by atoms with Crippen LogP contribution in [-0.4, -0.2) is 36.1 Å². The van der Waals surface area contributed by atoms with E-state index in [4.69, 9.17) is 0 Å². The Morgan fingerprint density at radius 3 is 2.24 bits per heavy atom. The zero-order valence-electron chi connectivity index (χ0n) is 14.9. The van der Waals surface area contributed by atoms with Crippen LogP contribution in [0.4, 0.5) is 0 Å². The molecule has 0 amide bonds. The van der Waals surface area contributed by atoms with E-state index in [9.17, 15) is 0 Å². The molecule has 1 heterocycles. The summed E-state index contributed by atoms with van der Waals surface area (Å²) in [6.45, 7) is 12.1. The van der Waals surface area contributed by atoms with Crippen LogP contribution in [0.3, 0.4) is 0 Å². The van der Waals surface area contributed by atoms with Gasteiger partial charge in [-0.1, -0.05) is 39.0 Å². The molecule has 0 aromatic heterocycles. The van der Waals surface area contributed by atoms with Crippen LogP contribution in [0.2, 0.25) is 0 Å². The molecule has 2 fully saturated rings. The molecule has 2 rings (SSSR count). The van der Waals surface area contributed by atoms with Crippen LogP contribution in [0, 0.1) is 11.8 Å². The summed E-state index contributed by atoms with van der Waals surface area (Å²) in [7, 11) is 0. The highest BCUT2D eigenvalue weighted by Gasteiger charge is 2.40. The average Bonchev–Trinajstić information content (AvgIpc) is 2.43. The molecule has 0 aromatic carbocycles. The standard InChI is InChI=1S/C19H38N2/c1-5-6-7-8-10-16(4)20-19-17-11-9-12-18(19)14-21(13-17)15(2)3/h15-20H,5-14H2,1-4H3. The number of nitrogens with one attached hydrogen (secondary N) is 1. The number of hydrogen-bond donors (Lipinski definition) is 1. The van der Waals surface area contributed by atoms with E-state index in [1.807, 2.05) is 0 Å². The lowest BCUT2D eigenvalue weighted by atomic mass is 9.73. The average molecular weight is 295 g/mol. The molecular weight excluding hydrogens is 256 g/mol. The van der Waals surface area contributed by atoms with Gasteiger partial charge in [-0.25, -0.2) is 0 Å². The summed E-state index contributed by atoms with van der Waals surface area (Å²) in [6, 6.07) is 2.23. The lowest BCUT2D eigenvalue weighted by Crippen LogP contribution is -2.59. The molecule has 3 atom stereocenters. The van der Waals surface area contributed by atoms with E-state index in [2.05, 4.69) is 37.9 Å². The zero-order valence-corrected chi connectivity index (χ0v) is 14.9. The second-order valence-electron chi connectivity index (χ2n) is 7.94. The Hall–Kier alpha value is -0.0800. The number of unbranched alkanes of at least 4 members (excludes halogenated alkanes) is 3. The van der Waals surface area contributed by atoms with E-state index >= 15 is 0 Å². The Morgan fingerprint density at radius 1 is 1.00 bits per heavy atom. The van der Waals surface area contributed by atoms with Gasteiger partial charge >= 0.3 is 0 Å². The number of rotatable bonds is 8. The third-order valence-electron chi connectivity index (χ3n) is 5.80. The second kappa shape index (κ2) is 8.53. The van der Waals surface area contributed by atoms with Gasteiger partial charge in [-0.15, -0.1) is 0 Å². The molecule has 0 radical (unpaired) electrons. The Bertz CT molecular complexity index is 275. The Kier molecular flexibility index (Phi) is 7.01. The van der Waals surface area contributed by atoms with Crippen molar-refractivity contribution in [1.29, 1.82) is 0 Å².